The fourth-order valence-electron chi connectivity index (χ4n) is 1.00. The van der Waals surface area contributed by atoms with Crippen molar-refractivity contribution in [3.8, 4) is 0 Å². The van der Waals surface area contributed by atoms with Gasteiger partial charge in [-0.25, -0.2) is 0 Å². The van der Waals surface area contributed by atoms with Crippen LogP contribution in [0.5, 0.6) is 0 Å². The van der Waals surface area contributed by atoms with Crippen molar-refractivity contribution in [2.24, 2.45) is 0 Å². The van der Waals surface area contributed by atoms with Crippen molar-refractivity contribution in [1.29, 1.82) is 0 Å². The first-order valence-electron chi connectivity index (χ1n) is 3.08. The Hall–Kier alpha value is -0.200. The predicted octanol–water partition coefficient (Wildman–Crippen LogP) is -3.01. The van der Waals surface area contributed by atoms with Crippen molar-refractivity contribution < 1.29 is 20.4 Å². The van der Waals surface area contributed by atoms with E-state index < -0.39 is 24.5 Å². The molecule has 0 aromatic carbocycles. The van der Waals surface area contributed by atoms with Gasteiger partial charge >= 0.3 is 0 Å². The average Bonchev–Trinajstić information content (AvgIpc) is 2.17. The summed E-state index contributed by atoms with van der Waals surface area (Å²) in [6, 6.07) is -0.620. The summed E-state index contributed by atoms with van der Waals surface area (Å²) in [5, 5.41) is 37.7. The van der Waals surface area contributed by atoms with Crippen LogP contribution in [0.15, 0.2) is 0 Å². The van der Waals surface area contributed by atoms with Gasteiger partial charge in [0.2, 0.25) is 0 Å². The van der Waals surface area contributed by atoms with Gasteiger partial charge in [-0.3, -0.25) is 5.32 Å². The number of hydrogen-bond donors (Lipinski definition) is 5. The van der Waals surface area contributed by atoms with E-state index in [2.05, 4.69) is 5.32 Å². The van der Waals surface area contributed by atoms with Crippen LogP contribution < -0.4 is 5.32 Å². The minimum atomic E-state index is -1.20. The first-order chi connectivity index (χ1) is 4.66. The third kappa shape index (κ3) is 1.14. The fraction of sp³-hybridized carbons (Fsp3) is 1.00. The summed E-state index contributed by atoms with van der Waals surface area (Å²) < 4.78 is 0. The minimum Gasteiger partial charge on any atom is -0.395 e. The Bertz CT molecular complexity index is 120. The molecule has 0 radical (unpaired) electrons. The van der Waals surface area contributed by atoms with Gasteiger partial charge in [0.25, 0.3) is 0 Å². The van der Waals surface area contributed by atoms with Crippen molar-refractivity contribution >= 4 is 0 Å². The molecular formula is C5H11NO4. The molecule has 5 nitrogen and oxygen atoms in total. The highest BCUT2D eigenvalue weighted by atomic mass is 16.4. The van der Waals surface area contributed by atoms with Gasteiger partial charge in [-0.15, -0.1) is 0 Å². The molecule has 4 atom stereocenters. The van der Waals surface area contributed by atoms with Crippen LogP contribution in [0.25, 0.3) is 0 Å². The zero-order chi connectivity index (χ0) is 7.72. The fourth-order valence-corrected chi connectivity index (χ4v) is 1.00. The highest BCUT2D eigenvalue weighted by Gasteiger charge is 2.39. The summed E-state index contributed by atoms with van der Waals surface area (Å²) in [5.41, 5.74) is 0. The lowest BCUT2D eigenvalue weighted by Gasteiger charge is -2.11. The van der Waals surface area contributed by atoms with Gasteiger partial charge in [-0.2, -0.15) is 0 Å². The molecule has 0 aromatic heterocycles. The molecular weight excluding hydrogens is 138 g/mol. The lowest BCUT2D eigenvalue weighted by molar-refractivity contribution is -0.0256. The second-order valence-electron chi connectivity index (χ2n) is 2.38. The smallest absolute Gasteiger partial charge is 0.134 e. The lowest BCUT2D eigenvalue weighted by Crippen LogP contribution is -2.36. The van der Waals surface area contributed by atoms with Gasteiger partial charge in [0.05, 0.1) is 12.6 Å². The lowest BCUT2D eigenvalue weighted by atomic mass is 10.1. The van der Waals surface area contributed by atoms with E-state index in [0.717, 1.165) is 0 Å². The summed E-state index contributed by atoms with van der Waals surface area (Å²) in [4.78, 5) is 0. The second-order valence-corrected chi connectivity index (χ2v) is 2.38. The summed E-state index contributed by atoms with van der Waals surface area (Å²) in [6.45, 7) is -0.296. The third-order valence-corrected chi connectivity index (χ3v) is 1.67. The maximum Gasteiger partial charge on any atom is 0.134 e. The first kappa shape index (κ1) is 7.90. The van der Waals surface area contributed by atoms with Crippen LogP contribution in [0, 0.1) is 0 Å². The van der Waals surface area contributed by atoms with E-state index in [0.29, 0.717) is 0 Å². The Labute approximate surface area is 57.9 Å². The zero-order valence-corrected chi connectivity index (χ0v) is 5.31. The van der Waals surface area contributed by atoms with Gasteiger partial charge in [0, 0.05) is 0 Å². The van der Waals surface area contributed by atoms with E-state index in [9.17, 15) is 0 Å². The highest BCUT2D eigenvalue weighted by molar-refractivity contribution is 4.92. The van der Waals surface area contributed by atoms with Crippen molar-refractivity contribution in [3.63, 3.8) is 0 Å². The minimum absolute atomic E-state index is 0.296. The Morgan fingerprint density at radius 1 is 1.10 bits per heavy atom. The number of aliphatic hydroxyl groups is 4. The van der Waals surface area contributed by atoms with Crippen LogP contribution in [-0.2, 0) is 0 Å². The van der Waals surface area contributed by atoms with Gasteiger partial charge in [-0.05, 0) is 0 Å². The molecule has 0 aromatic rings. The van der Waals surface area contributed by atoms with Crippen LogP contribution in [0.2, 0.25) is 0 Å². The molecule has 1 rings (SSSR count). The van der Waals surface area contributed by atoms with Crippen LogP contribution in [0.4, 0.5) is 0 Å². The molecule has 10 heavy (non-hydrogen) atoms. The largest absolute Gasteiger partial charge is 0.395 e. The summed E-state index contributed by atoms with van der Waals surface area (Å²) >= 11 is 0. The molecule has 1 aliphatic rings. The average molecular weight is 149 g/mol. The first-order valence-corrected chi connectivity index (χ1v) is 3.08. The number of aliphatic hydroxyl groups excluding tert-OH is 4. The van der Waals surface area contributed by atoms with Crippen molar-refractivity contribution in [2.75, 3.05) is 6.61 Å². The molecule has 1 fully saturated rings. The SMILES string of the molecule is OC[C@H]1NC(O)[C@@H](O)[C@@H]1O. The predicted molar refractivity (Wildman–Crippen MR) is 32.0 cm³/mol. The summed E-state index contributed by atoms with van der Waals surface area (Å²) in [5.74, 6) is 0. The van der Waals surface area contributed by atoms with Gasteiger partial charge in [0.15, 0.2) is 0 Å². The number of nitrogens with one attached hydrogen (secondary N) is 1. The summed E-state index contributed by atoms with van der Waals surface area (Å²) in [7, 11) is 0. The van der Waals surface area contributed by atoms with E-state index in [1.54, 1.807) is 0 Å². The molecule has 1 unspecified atom stereocenters. The molecule has 0 saturated carbocycles. The van der Waals surface area contributed by atoms with E-state index in [1.807, 2.05) is 0 Å². The van der Waals surface area contributed by atoms with Gasteiger partial charge in [-0.1, -0.05) is 0 Å². The Kier molecular flexibility index (Phi) is 2.22. The van der Waals surface area contributed by atoms with E-state index >= 15 is 0 Å². The van der Waals surface area contributed by atoms with Crippen molar-refractivity contribution in [3.05, 3.63) is 0 Å². The van der Waals surface area contributed by atoms with E-state index in [4.69, 9.17) is 20.4 Å². The molecule has 0 amide bonds. The van der Waals surface area contributed by atoms with Crippen molar-refractivity contribution in [2.45, 2.75) is 24.5 Å². The Balaban J connectivity index is 2.53. The van der Waals surface area contributed by atoms with Crippen molar-refractivity contribution in [1.82, 2.24) is 5.32 Å². The number of hydrogen-bond acceptors (Lipinski definition) is 5. The molecule has 5 heteroatoms. The van der Waals surface area contributed by atoms with Crippen LogP contribution in [0.3, 0.4) is 0 Å². The zero-order valence-electron chi connectivity index (χ0n) is 5.31. The van der Waals surface area contributed by atoms with Gasteiger partial charge in [0.1, 0.15) is 18.4 Å². The molecule has 1 aliphatic heterocycles. The molecule has 0 bridgehead atoms. The quantitative estimate of drug-likeness (QED) is 0.274. The Morgan fingerprint density at radius 2 is 1.70 bits per heavy atom. The number of rotatable bonds is 1. The highest BCUT2D eigenvalue weighted by Crippen LogP contribution is 2.11. The van der Waals surface area contributed by atoms with Crippen LogP contribution >= 0.6 is 0 Å². The van der Waals surface area contributed by atoms with E-state index in [1.165, 1.54) is 0 Å². The van der Waals surface area contributed by atoms with Crippen LogP contribution in [0.1, 0.15) is 0 Å². The molecule has 5 N–H and O–H groups in total. The molecule has 60 valence electrons. The standard InChI is InChI=1S/C5H11NO4/c7-1-2-3(8)4(9)5(10)6-2/h2-10H,1H2/t2-,3-,4+,5?/m1/s1. The maximum atomic E-state index is 9.00. The molecule has 0 spiro atoms. The Morgan fingerprint density at radius 3 is 1.90 bits per heavy atom. The molecule has 1 saturated heterocycles. The van der Waals surface area contributed by atoms with E-state index in [-0.39, 0.29) is 6.61 Å². The second kappa shape index (κ2) is 2.81. The maximum absolute atomic E-state index is 9.00. The topological polar surface area (TPSA) is 93.0 Å². The normalized spacial score (nSPS) is 48.0. The molecule has 0 aliphatic carbocycles. The van der Waals surface area contributed by atoms with Crippen LogP contribution in [-0.4, -0.2) is 51.5 Å². The van der Waals surface area contributed by atoms with Gasteiger partial charge < -0.3 is 20.4 Å². The third-order valence-electron chi connectivity index (χ3n) is 1.67. The molecule has 1 heterocycles. The monoisotopic (exact) mass is 149 g/mol. The summed E-state index contributed by atoms with van der Waals surface area (Å²) in [6.07, 6.45) is -3.41.